The molecule has 0 bridgehead atoms. The van der Waals surface area contributed by atoms with Gasteiger partial charge in [-0.1, -0.05) is 6.92 Å². The van der Waals surface area contributed by atoms with E-state index in [1.54, 1.807) is 0 Å². The molecule has 1 aliphatic carbocycles. The van der Waals surface area contributed by atoms with E-state index in [1.165, 1.54) is 25.7 Å². The average molecular weight is 272 g/mol. The van der Waals surface area contributed by atoms with Gasteiger partial charge in [0, 0.05) is 11.4 Å². The molecule has 106 valence electrons. The third-order valence-electron chi connectivity index (χ3n) is 4.72. The molecule has 2 rings (SSSR count). The number of nitrogens with one attached hydrogen (secondary N) is 2. The van der Waals surface area contributed by atoms with Gasteiger partial charge in [0.05, 0.1) is 6.04 Å². The Morgan fingerprint density at radius 2 is 1.83 bits per heavy atom. The van der Waals surface area contributed by atoms with Gasteiger partial charge in [-0.05, 0) is 70.9 Å². The molecule has 0 aromatic carbocycles. The molecule has 2 N–H and O–H groups in total. The van der Waals surface area contributed by atoms with E-state index in [2.05, 4.69) is 17.0 Å². The van der Waals surface area contributed by atoms with Crippen LogP contribution in [0.25, 0.3) is 0 Å². The first kappa shape index (κ1) is 14.6. The van der Waals surface area contributed by atoms with Crippen molar-refractivity contribution in [3.63, 3.8) is 0 Å². The lowest BCUT2D eigenvalue weighted by Gasteiger charge is -2.41. The molecule has 2 aliphatic rings. The minimum atomic E-state index is -0.946. The molecule has 1 saturated heterocycles. The number of hydrogen-bond donors (Lipinski definition) is 2. The summed E-state index contributed by atoms with van der Waals surface area (Å²) in [5.41, 5.74) is 0.394. The highest BCUT2D eigenvalue weighted by atomic mass is 32.2. The van der Waals surface area contributed by atoms with Crippen LogP contribution >= 0.6 is 0 Å². The topological polar surface area (TPSA) is 47.1 Å². The second-order valence-corrected chi connectivity index (χ2v) is 9.10. The van der Waals surface area contributed by atoms with Crippen molar-refractivity contribution in [1.29, 1.82) is 0 Å². The molecule has 1 saturated carbocycles. The van der Waals surface area contributed by atoms with Crippen LogP contribution < -0.4 is 10.0 Å². The number of hydrogen-bond acceptors (Lipinski definition) is 3. The smallest absolute Gasteiger partial charge is 0.136 e. The molecule has 0 radical (unpaired) electrons. The molecule has 3 atom stereocenters. The monoisotopic (exact) mass is 272 g/mol. The summed E-state index contributed by atoms with van der Waals surface area (Å²) in [5.74, 6) is 0.648. The lowest BCUT2D eigenvalue weighted by molar-refractivity contribution is 0.162. The normalized spacial score (nSPS) is 33.8. The highest BCUT2D eigenvalue weighted by Crippen LogP contribution is 2.48. The Morgan fingerprint density at radius 3 is 2.39 bits per heavy atom. The Hall–Kier alpha value is 0.230. The van der Waals surface area contributed by atoms with E-state index in [0.29, 0.717) is 17.4 Å². The van der Waals surface area contributed by atoms with Crippen LogP contribution in [0.3, 0.4) is 0 Å². The van der Waals surface area contributed by atoms with Crippen LogP contribution in [-0.2, 0) is 11.4 Å². The van der Waals surface area contributed by atoms with Gasteiger partial charge in [-0.15, -0.1) is 4.72 Å². The standard InChI is InChI=1S/C14H28N2OS/c1-11-5-6-14(7-9-15-10-8-14)12(11)16-18(17)13(2,3)4/h11-12,15-16H,5-10H2,1-4H3/t11-,12-,18?/m1/s1. The van der Waals surface area contributed by atoms with Crippen molar-refractivity contribution < 1.29 is 4.55 Å². The van der Waals surface area contributed by atoms with Crippen LogP contribution in [0.1, 0.15) is 53.4 Å². The Bertz CT molecular complexity index is 278. The molecule has 1 heterocycles. The minimum Gasteiger partial charge on any atom is -0.598 e. The van der Waals surface area contributed by atoms with E-state index in [-0.39, 0.29) is 4.75 Å². The largest absolute Gasteiger partial charge is 0.598 e. The van der Waals surface area contributed by atoms with Gasteiger partial charge in [-0.2, -0.15) is 0 Å². The van der Waals surface area contributed by atoms with Crippen molar-refractivity contribution in [1.82, 2.24) is 10.0 Å². The van der Waals surface area contributed by atoms with Crippen LogP contribution in [0.4, 0.5) is 0 Å². The van der Waals surface area contributed by atoms with Gasteiger partial charge in [0.1, 0.15) is 4.75 Å². The summed E-state index contributed by atoms with van der Waals surface area (Å²) in [4.78, 5) is 0. The maximum Gasteiger partial charge on any atom is 0.136 e. The van der Waals surface area contributed by atoms with Crippen LogP contribution in [-0.4, -0.2) is 28.4 Å². The number of rotatable bonds is 2. The van der Waals surface area contributed by atoms with E-state index < -0.39 is 11.4 Å². The molecular weight excluding hydrogens is 244 g/mol. The van der Waals surface area contributed by atoms with Gasteiger partial charge < -0.3 is 9.87 Å². The summed E-state index contributed by atoms with van der Waals surface area (Å²) in [6, 6.07) is 0.430. The minimum absolute atomic E-state index is 0.170. The number of piperidine rings is 1. The molecule has 4 heteroatoms. The van der Waals surface area contributed by atoms with Gasteiger partial charge in [-0.3, -0.25) is 0 Å². The van der Waals surface area contributed by atoms with Gasteiger partial charge in [0.15, 0.2) is 0 Å². The lowest BCUT2D eigenvalue weighted by atomic mass is 9.74. The van der Waals surface area contributed by atoms with Gasteiger partial charge in [0.2, 0.25) is 0 Å². The average Bonchev–Trinajstić information content (AvgIpc) is 2.58. The van der Waals surface area contributed by atoms with Gasteiger partial charge in [-0.25, -0.2) is 0 Å². The Labute approximate surface area is 115 Å². The summed E-state index contributed by atoms with van der Waals surface area (Å²) in [5, 5.41) is 3.45. The third-order valence-corrected chi connectivity index (χ3v) is 6.30. The molecule has 1 unspecified atom stereocenters. The summed E-state index contributed by atoms with van der Waals surface area (Å²) in [6.45, 7) is 10.7. The second kappa shape index (κ2) is 5.31. The van der Waals surface area contributed by atoms with E-state index in [9.17, 15) is 4.55 Å². The van der Waals surface area contributed by atoms with Crippen molar-refractivity contribution in [3.05, 3.63) is 0 Å². The van der Waals surface area contributed by atoms with Crippen molar-refractivity contribution in [2.45, 2.75) is 64.2 Å². The molecule has 1 spiro atoms. The van der Waals surface area contributed by atoms with Crippen LogP contribution in [0.15, 0.2) is 0 Å². The van der Waals surface area contributed by atoms with Gasteiger partial charge >= 0.3 is 0 Å². The predicted octanol–water partition coefficient (Wildman–Crippen LogP) is 2.21. The molecule has 0 aromatic rings. The summed E-state index contributed by atoms with van der Waals surface area (Å²) in [6.07, 6.45) is 5.04. The van der Waals surface area contributed by atoms with Crippen LogP contribution in [0, 0.1) is 11.3 Å². The van der Waals surface area contributed by atoms with Crippen molar-refractivity contribution in [2.24, 2.45) is 11.3 Å². The van der Waals surface area contributed by atoms with Crippen molar-refractivity contribution in [3.8, 4) is 0 Å². The molecule has 2 fully saturated rings. The summed E-state index contributed by atoms with van der Waals surface area (Å²) >= 11 is -0.946. The maximum absolute atomic E-state index is 12.4. The van der Waals surface area contributed by atoms with Gasteiger partial charge in [0.25, 0.3) is 0 Å². The first-order chi connectivity index (χ1) is 8.35. The SMILES string of the molecule is C[C@@H]1CCC2(CCNCC2)[C@@H]1N[S+]([O-])C(C)(C)C. The zero-order chi connectivity index (χ0) is 13.4. The molecular formula is C14H28N2OS. The summed E-state index contributed by atoms with van der Waals surface area (Å²) < 4.78 is 15.7. The fourth-order valence-corrected chi connectivity index (χ4v) is 4.53. The fraction of sp³-hybridized carbons (Fsp3) is 1.00. The molecule has 18 heavy (non-hydrogen) atoms. The predicted molar refractivity (Wildman–Crippen MR) is 77.8 cm³/mol. The lowest BCUT2D eigenvalue weighted by Crippen LogP contribution is -2.54. The molecule has 3 nitrogen and oxygen atoms in total. The highest BCUT2D eigenvalue weighted by molar-refractivity contribution is 7.90. The van der Waals surface area contributed by atoms with Crippen molar-refractivity contribution in [2.75, 3.05) is 13.1 Å². The van der Waals surface area contributed by atoms with Crippen LogP contribution in [0.5, 0.6) is 0 Å². The van der Waals surface area contributed by atoms with Crippen LogP contribution in [0.2, 0.25) is 0 Å². The van der Waals surface area contributed by atoms with E-state index >= 15 is 0 Å². The Morgan fingerprint density at radius 1 is 1.22 bits per heavy atom. The zero-order valence-electron chi connectivity index (χ0n) is 12.2. The molecule has 0 amide bonds. The maximum atomic E-state index is 12.4. The first-order valence-corrected chi connectivity index (χ1v) is 8.39. The van der Waals surface area contributed by atoms with E-state index in [4.69, 9.17) is 0 Å². The second-order valence-electron chi connectivity index (χ2n) is 7.10. The highest BCUT2D eigenvalue weighted by Gasteiger charge is 2.49. The first-order valence-electron chi connectivity index (χ1n) is 7.24. The van der Waals surface area contributed by atoms with Crippen molar-refractivity contribution >= 4 is 11.4 Å². The Kier molecular flexibility index (Phi) is 4.32. The Balaban J connectivity index is 2.08. The quantitative estimate of drug-likeness (QED) is 0.758. The molecule has 1 aliphatic heterocycles. The molecule has 0 aromatic heterocycles. The zero-order valence-corrected chi connectivity index (χ0v) is 13.0. The van der Waals surface area contributed by atoms with E-state index in [1.807, 2.05) is 20.8 Å². The van der Waals surface area contributed by atoms with E-state index in [0.717, 1.165) is 13.1 Å². The third kappa shape index (κ3) is 2.87. The fourth-order valence-electron chi connectivity index (χ4n) is 3.46. The summed E-state index contributed by atoms with van der Waals surface area (Å²) in [7, 11) is 0.